The highest BCUT2D eigenvalue weighted by Crippen LogP contribution is 2.34. The molecular weight excluding hydrogens is 262 g/mol. The Kier molecular flexibility index (Phi) is 4.45. The Balaban J connectivity index is 2.07. The lowest BCUT2D eigenvalue weighted by Gasteiger charge is -2.23. The molecule has 0 atom stereocenters. The molecule has 1 aliphatic rings. The fraction of sp³-hybridized carbons (Fsp3) is 0.429. The average molecular weight is 279 g/mol. The molecule has 1 amide bonds. The van der Waals surface area contributed by atoms with E-state index in [0.717, 1.165) is 0 Å². The van der Waals surface area contributed by atoms with Crippen LogP contribution in [0, 0.1) is 0 Å². The van der Waals surface area contributed by atoms with E-state index in [4.69, 9.17) is 14.6 Å². The summed E-state index contributed by atoms with van der Waals surface area (Å²) >= 11 is 0. The number of fused-ring (bicyclic) bond motifs is 1. The number of para-hydroxylation sites is 1. The van der Waals surface area contributed by atoms with Crippen LogP contribution in [0.1, 0.15) is 23.2 Å². The minimum Gasteiger partial charge on any atom is -0.486 e. The Morgan fingerprint density at radius 3 is 2.80 bits per heavy atom. The number of nitrogens with zero attached hydrogens (tertiary/aromatic N) is 1. The van der Waals surface area contributed by atoms with Crippen LogP contribution in [0.2, 0.25) is 0 Å². The zero-order chi connectivity index (χ0) is 14.5. The summed E-state index contributed by atoms with van der Waals surface area (Å²) in [7, 11) is 1.65. The Hall–Kier alpha value is -2.24. The molecule has 1 heterocycles. The van der Waals surface area contributed by atoms with Gasteiger partial charge >= 0.3 is 5.97 Å². The summed E-state index contributed by atoms with van der Waals surface area (Å²) in [6.07, 6.45) is 0.466. The quantitative estimate of drug-likeness (QED) is 0.881. The molecule has 0 aliphatic carbocycles. The van der Waals surface area contributed by atoms with Crippen LogP contribution in [0.15, 0.2) is 18.2 Å². The first-order valence-corrected chi connectivity index (χ1v) is 6.45. The van der Waals surface area contributed by atoms with Gasteiger partial charge in [-0.3, -0.25) is 9.59 Å². The zero-order valence-corrected chi connectivity index (χ0v) is 11.3. The van der Waals surface area contributed by atoms with E-state index in [-0.39, 0.29) is 12.3 Å². The van der Waals surface area contributed by atoms with Crippen molar-refractivity contribution in [2.45, 2.75) is 12.8 Å². The first-order valence-electron chi connectivity index (χ1n) is 6.45. The summed E-state index contributed by atoms with van der Waals surface area (Å²) in [5, 5.41) is 8.60. The molecule has 0 saturated carbocycles. The maximum absolute atomic E-state index is 12.3. The highest BCUT2D eigenvalue weighted by Gasteiger charge is 2.22. The SMILES string of the molecule is CN(CCCC(=O)O)C(=O)c1cccc2c1OCCO2. The molecule has 0 saturated heterocycles. The third-order valence-corrected chi connectivity index (χ3v) is 3.03. The molecule has 1 aliphatic heterocycles. The Labute approximate surface area is 116 Å². The number of hydrogen-bond acceptors (Lipinski definition) is 4. The minimum absolute atomic E-state index is 0.0458. The predicted molar refractivity (Wildman–Crippen MR) is 71.3 cm³/mol. The van der Waals surface area contributed by atoms with Crippen molar-refractivity contribution in [3.63, 3.8) is 0 Å². The minimum atomic E-state index is -0.861. The van der Waals surface area contributed by atoms with Crippen molar-refractivity contribution in [1.29, 1.82) is 0 Å². The molecule has 0 aromatic heterocycles. The largest absolute Gasteiger partial charge is 0.486 e. The van der Waals surface area contributed by atoms with Crippen molar-refractivity contribution in [2.24, 2.45) is 0 Å². The van der Waals surface area contributed by atoms with Crippen LogP contribution in [0.25, 0.3) is 0 Å². The van der Waals surface area contributed by atoms with Gasteiger partial charge in [-0.1, -0.05) is 6.07 Å². The van der Waals surface area contributed by atoms with Gasteiger partial charge in [0, 0.05) is 20.0 Å². The van der Waals surface area contributed by atoms with Crippen LogP contribution >= 0.6 is 0 Å². The van der Waals surface area contributed by atoms with Crippen LogP contribution in [0.3, 0.4) is 0 Å². The van der Waals surface area contributed by atoms with Gasteiger partial charge in [-0.2, -0.15) is 0 Å². The van der Waals surface area contributed by atoms with E-state index in [9.17, 15) is 9.59 Å². The van der Waals surface area contributed by atoms with Gasteiger partial charge in [-0.05, 0) is 18.6 Å². The van der Waals surface area contributed by atoms with E-state index in [1.54, 1.807) is 25.2 Å². The normalized spacial score (nSPS) is 12.8. The lowest BCUT2D eigenvalue weighted by atomic mass is 10.1. The monoisotopic (exact) mass is 279 g/mol. The van der Waals surface area contributed by atoms with Gasteiger partial charge in [0.25, 0.3) is 5.91 Å². The molecule has 1 aromatic carbocycles. The number of benzene rings is 1. The van der Waals surface area contributed by atoms with E-state index in [0.29, 0.717) is 43.2 Å². The molecular formula is C14H17NO5. The lowest BCUT2D eigenvalue weighted by Crippen LogP contribution is -2.29. The van der Waals surface area contributed by atoms with Gasteiger partial charge in [-0.25, -0.2) is 0 Å². The maximum atomic E-state index is 12.3. The van der Waals surface area contributed by atoms with Crippen LogP contribution in [0.4, 0.5) is 0 Å². The zero-order valence-electron chi connectivity index (χ0n) is 11.3. The number of rotatable bonds is 5. The Bertz CT molecular complexity index is 514. The standard InChI is InChI=1S/C14H17NO5/c1-15(7-3-6-12(16)17)14(18)10-4-2-5-11-13(10)20-9-8-19-11/h2,4-5H,3,6-9H2,1H3,(H,16,17). The van der Waals surface area contributed by atoms with Gasteiger partial charge in [0.1, 0.15) is 13.2 Å². The number of aliphatic carboxylic acids is 1. The third kappa shape index (κ3) is 3.20. The molecule has 0 unspecified atom stereocenters. The summed E-state index contributed by atoms with van der Waals surface area (Å²) in [6.45, 7) is 1.27. The lowest BCUT2D eigenvalue weighted by molar-refractivity contribution is -0.137. The van der Waals surface area contributed by atoms with E-state index >= 15 is 0 Å². The number of carboxylic acid groups (broad SMARTS) is 1. The van der Waals surface area contributed by atoms with E-state index in [1.807, 2.05) is 0 Å². The van der Waals surface area contributed by atoms with E-state index in [1.165, 1.54) is 4.90 Å². The second-order valence-electron chi connectivity index (χ2n) is 4.55. The summed E-state index contributed by atoms with van der Waals surface area (Å²) < 4.78 is 10.9. The van der Waals surface area contributed by atoms with Crippen LogP contribution in [0.5, 0.6) is 11.5 Å². The number of hydrogen-bond donors (Lipinski definition) is 1. The molecule has 0 spiro atoms. The maximum Gasteiger partial charge on any atom is 0.303 e. The Morgan fingerprint density at radius 2 is 2.05 bits per heavy atom. The Morgan fingerprint density at radius 1 is 1.30 bits per heavy atom. The van der Waals surface area contributed by atoms with E-state index < -0.39 is 5.97 Å². The van der Waals surface area contributed by atoms with Gasteiger partial charge in [0.05, 0.1) is 5.56 Å². The van der Waals surface area contributed by atoms with Gasteiger partial charge < -0.3 is 19.5 Å². The van der Waals surface area contributed by atoms with Gasteiger partial charge in [0.2, 0.25) is 0 Å². The summed E-state index contributed by atoms with van der Waals surface area (Å²) in [5.74, 6) is -0.0210. The fourth-order valence-electron chi connectivity index (χ4n) is 2.02. The summed E-state index contributed by atoms with van der Waals surface area (Å²) in [6, 6.07) is 5.19. The van der Waals surface area contributed by atoms with Crippen LogP contribution in [-0.4, -0.2) is 48.7 Å². The molecule has 6 nitrogen and oxygen atoms in total. The average Bonchev–Trinajstić information content (AvgIpc) is 2.45. The molecule has 108 valence electrons. The van der Waals surface area contributed by atoms with Gasteiger partial charge in [-0.15, -0.1) is 0 Å². The van der Waals surface area contributed by atoms with Crippen molar-refractivity contribution in [2.75, 3.05) is 26.8 Å². The number of carboxylic acids is 1. The molecule has 6 heteroatoms. The topological polar surface area (TPSA) is 76.1 Å². The number of amides is 1. The molecule has 0 radical (unpaired) electrons. The second-order valence-corrected chi connectivity index (χ2v) is 4.55. The van der Waals surface area contributed by atoms with E-state index in [2.05, 4.69) is 0 Å². The predicted octanol–water partition coefficient (Wildman–Crippen LogP) is 1.39. The van der Waals surface area contributed by atoms with Crippen LogP contribution < -0.4 is 9.47 Å². The van der Waals surface area contributed by atoms with Crippen molar-refractivity contribution in [1.82, 2.24) is 4.90 Å². The first kappa shape index (κ1) is 14.2. The molecule has 0 bridgehead atoms. The highest BCUT2D eigenvalue weighted by atomic mass is 16.6. The van der Waals surface area contributed by atoms with Crippen molar-refractivity contribution >= 4 is 11.9 Å². The molecule has 2 rings (SSSR count). The molecule has 0 fully saturated rings. The van der Waals surface area contributed by atoms with Crippen LogP contribution in [-0.2, 0) is 4.79 Å². The number of carbonyl (C=O) groups is 2. The summed E-state index contributed by atoms with van der Waals surface area (Å²) in [5.41, 5.74) is 0.444. The molecule has 1 aromatic rings. The smallest absolute Gasteiger partial charge is 0.303 e. The molecule has 20 heavy (non-hydrogen) atoms. The van der Waals surface area contributed by atoms with Gasteiger partial charge in [0.15, 0.2) is 11.5 Å². The van der Waals surface area contributed by atoms with Crippen molar-refractivity contribution in [3.05, 3.63) is 23.8 Å². The fourth-order valence-corrected chi connectivity index (χ4v) is 2.02. The number of carbonyl (C=O) groups excluding carboxylic acids is 1. The van der Waals surface area contributed by atoms with Crippen molar-refractivity contribution < 1.29 is 24.2 Å². The number of ether oxygens (including phenoxy) is 2. The highest BCUT2D eigenvalue weighted by molar-refractivity contribution is 5.97. The first-order chi connectivity index (χ1) is 9.59. The second kappa shape index (κ2) is 6.27. The third-order valence-electron chi connectivity index (χ3n) is 3.03. The molecule has 1 N–H and O–H groups in total. The summed E-state index contributed by atoms with van der Waals surface area (Å²) in [4.78, 5) is 24.3. The van der Waals surface area contributed by atoms with Crippen molar-refractivity contribution in [3.8, 4) is 11.5 Å².